The first-order valence-corrected chi connectivity index (χ1v) is 9.44. The van der Waals surface area contributed by atoms with E-state index in [0.717, 1.165) is 18.7 Å². The molecule has 0 aromatic carbocycles. The van der Waals surface area contributed by atoms with E-state index in [4.69, 9.17) is 4.52 Å². The Morgan fingerprint density at radius 3 is 2.88 bits per heavy atom. The Morgan fingerprint density at radius 2 is 2.12 bits per heavy atom. The van der Waals surface area contributed by atoms with Crippen molar-refractivity contribution in [3.63, 3.8) is 0 Å². The zero-order chi connectivity index (χ0) is 17.2. The number of hydrogen-bond acceptors (Lipinski definition) is 4. The maximum Gasteiger partial charge on any atom is 0.231 e. The summed E-state index contributed by atoms with van der Waals surface area (Å²) < 4.78 is 7.47. The van der Waals surface area contributed by atoms with Crippen LogP contribution >= 0.6 is 0 Å². The maximum atomic E-state index is 12.6. The van der Waals surface area contributed by atoms with Crippen LogP contribution in [0.5, 0.6) is 0 Å². The number of carbonyl (C=O) groups is 1. The van der Waals surface area contributed by atoms with E-state index in [9.17, 15) is 4.79 Å². The fraction of sp³-hybridized carbons (Fsp3) is 0.632. The summed E-state index contributed by atoms with van der Waals surface area (Å²) in [6, 6.07) is 3.94. The van der Waals surface area contributed by atoms with Crippen molar-refractivity contribution in [3.05, 3.63) is 24.2 Å². The highest BCUT2D eigenvalue weighted by atomic mass is 16.5. The van der Waals surface area contributed by atoms with Crippen molar-refractivity contribution in [2.45, 2.75) is 50.9 Å². The van der Waals surface area contributed by atoms with Crippen LogP contribution in [0.4, 0.5) is 0 Å². The van der Waals surface area contributed by atoms with Crippen LogP contribution in [-0.2, 0) is 11.8 Å². The Hall–Kier alpha value is -2.11. The summed E-state index contributed by atoms with van der Waals surface area (Å²) in [5.74, 6) is 2.33. The van der Waals surface area contributed by atoms with E-state index >= 15 is 0 Å². The van der Waals surface area contributed by atoms with E-state index in [1.807, 2.05) is 34.8 Å². The molecule has 134 valence electrons. The van der Waals surface area contributed by atoms with E-state index in [1.165, 1.54) is 32.1 Å². The van der Waals surface area contributed by atoms with Gasteiger partial charge in [0.1, 0.15) is 0 Å². The van der Waals surface area contributed by atoms with Crippen molar-refractivity contribution < 1.29 is 9.32 Å². The number of nitrogens with zero attached hydrogens (tertiary/aromatic N) is 4. The summed E-state index contributed by atoms with van der Waals surface area (Å²) in [7, 11) is 1.96. The van der Waals surface area contributed by atoms with Crippen molar-refractivity contribution in [2.75, 3.05) is 13.1 Å². The second kappa shape index (κ2) is 7.02. The maximum absolute atomic E-state index is 12.6. The lowest BCUT2D eigenvalue weighted by Gasteiger charge is -2.24. The molecule has 2 aromatic heterocycles. The summed E-state index contributed by atoms with van der Waals surface area (Å²) in [5.41, 5.74) is 0.943. The molecule has 4 rings (SSSR count). The number of likely N-dealkylation sites (tertiary alicyclic amines) is 1. The second-order valence-electron chi connectivity index (χ2n) is 7.49. The first kappa shape index (κ1) is 16.4. The molecule has 2 aliphatic rings. The number of aromatic nitrogens is 3. The standard InChI is InChI=1S/C19H26N4O2/c1-22-10-5-8-16(22)18-20-19(25-21-18)15-9-11-23(13-15)17(24)12-14-6-3-2-4-7-14/h5,8,10,14-15H,2-4,6-7,9,11-13H2,1H3. The van der Waals surface area contributed by atoms with Gasteiger partial charge in [0.25, 0.3) is 0 Å². The highest BCUT2D eigenvalue weighted by Crippen LogP contribution is 2.31. The molecular formula is C19H26N4O2. The number of rotatable bonds is 4. The molecular weight excluding hydrogens is 316 g/mol. The van der Waals surface area contributed by atoms with E-state index in [-0.39, 0.29) is 5.92 Å². The van der Waals surface area contributed by atoms with Crippen molar-refractivity contribution in [1.29, 1.82) is 0 Å². The molecule has 2 aromatic rings. The van der Waals surface area contributed by atoms with Gasteiger partial charge in [0, 0.05) is 32.8 Å². The Labute approximate surface area is 148 Å². The minimum absolute atomic E-state index is 0.164. The quantitative estimate of drug-likeness (QED) is 0.854. The van der Waals surface area contributed by atoms with Gasteiger partial charge in [0.05, 0.1) is 11.6 Å². The lowest BCUT2D eigenvalue weighted by molar-refractivity contribution is -0.131. The topological polar surface area (TPSA) is 64.2 Å². The third-order valence-electron chi connectivity index (χ3n) is 5.69. The highest BCUT2D eigenvalue weighted by molar-refractivity contribution is 5.76. The molecule has 0 bridgehead atoms. The number of amides is 1. The third-order valence-corrected chi connectivity index (χ3v) is 5.69. The van der Waals surface area contributed by atoms with E-state index in [1.54, 1.807) is 0 Å². The molecule has 1 aliphatic carbocycles. The summed E-state index contributed by atoms with van der Waals surface area (Å²) in [6.07, 6.45) is 9.91. The number of carbonyl (C=O) groups excluding carboxylic acids is 1. The number of hydrogen-bond donors (Lipinski definition) is 0. The molecule has 2 fully saturated rings. The van der Waals surface area contributed by atoms with Crippen LogP contribution in [0.15, 0.2) is 22.9 Å². The predicted octanol–water partition coefficient (Wildman–Crippen LogP) is 3.36. The van der Waals surface area contributed by atoms with Gasteiger partial charge >= 0.3 is 0 Å². The van der Waals surface area contributed by atoms with Crippen LogP contribution in [0.1, 0.15) is 56.8 Å². The Bertz CT molecular complexity index is 729. The van der Waals surface area contributed by atoms with Gasteiger partial charge in [-0.15, -0.1) is 0 Å². The second-order valence-corrected chi connectivity index (χ2v) is 7.49. The average molecular weight is 342 g/mol. The van der Waals surface area contributed by atoms with Crippen LogP contribution < -0.4 is 0 Å². The largest absolute Gasteiger partial charge is 0.348 e. The Morgan fingerprint density at radius 1 is 1.28 bits per heavy atom. The summed E-state index contributed by atoms with van der Waals surface area (Å²) in [5, 5.41) is 4.12. The van der Waals surface area contributed by atoms with Gasteiger partial charge in [0.2, 0.25) is 17.6 Å². The van der Waals surface area contributed by atoms with Crippen LogP contribution in [0, 0.1) is 5.92 Å². The molecule has 3 heterocycles. The molecule has 0 spiro atoms. The Kier molecular flexibility index (Phi) is 4.59. The van der Waals surface area contributed by atoms with Crippen molar-refractivity contribution >= 4 is 5.91 Å². The summed E-state index contributed by atoms with van der Waals surface area (Å²) in [6.45, 7) is 1.51. The molecule has 1 atom stereocenters. The minimum Gasteiger partial charge on any atom is -0.348 e. The normalized spacial score (nSPS) is 21.8. The Balaban J connectivity index is 1.36. The van der Waals surface area contributed by atoms with Crippen molar-refractivity contribution in [1.82, 2.24) is 19.6 Å². The van der Waals surface area contributed by atoms with E-state index in [0.29, 0.717) is 36.5 Å². The number of aryl methyl sites for hydroxylation is 1. The molecule has 25 heavy (non-hydrogen) atoms. The summed E-state index contributed by atoms with van der Waals surface area (Å²) >= 11 is 0. The monoisotopic (exact) mass is 342 g/mol. The van der Waals surface area contributed by atoms with Crippen molar-refractivity contribution in [2.24, 2.45) is 13.0 Å². The average Bonchev–Trinajstić information content (AvgIpc) is 3.35. The molecule has 1 unspecified atom stereocenters. The molecule has 1 saturated heterocycles. The smallest absolute Gasteiger partial charge is 0.231 e. The highest BCUT2D eigenvalue weighted by Gasteiger charge is 2.32. The van der Waals surface area contributed by atoms with E-state index in [2.05, 4.69) is 10.1 Å². The zero-order valence-electron chi connectivity index (χ0n) is 14.9. The lowest BCUT2D eigenvalue weighted by atomic mass is 9.87. The van der Waals surface area contributed by atoms with Gasteiger partial charge in [-0.05, 0) is 37.3 Å². The van der Waals surface area contributed by atoms with Gasteiger partial charge in [-0.25, -0.2) is 0 Å². The SMILES string of the molecule is Cn1cccc1-c1noc(C2CCN(C(=O)CC3CCCCC3)C2)n1. The molecule has 1 amide bonds. The van der Waals surface area contributed by atoms with E-state index < -0.39 is 0 Å². The molecule has 1 aliphatic heterocycles. The van der Waals surface area contributed by atoms with Gasteiger partial charge < -0.3 is 14.0 Å². The van der Waals surface area contributed by atoms with Gasteiger partial charge in [-0.3, -0.25) is 4.79 Å². The van der Waals surface area contributed by atoms with Gasteiger partial charge in [0.15, 0.2) is 0 Å². The lowest BCUT2D eigenvalue weighted by Crippen LogP contribution is -2.30. The minimum atomic E-state index is 0.164. The van der Waals surface area contributed by atoms with Gasteiger partial charge in [-0.2, -0.15) is 4.98 Å². The molecule has 6 heteroatoms. The van der Waals surface area contributed by atoms with Gasteiger partial charge in [-0.1, -0.05) is 24.4 Å². The van der Waals surface area contributed by atoms with Crippen LogP contribution in [0.25, 0.3) is 11.5 Å². The fourth-order valence-electron chi connectivity index (χ4n) is 4.15. The van der Waals surface area contributed by atoms with Crippen LogP contribution in [0.3, 0.4) is 0 Å². The van der Waals surface area contributed by atoms with Crippen molar-refractivity contribution in [3.8, 4) is 11.5 Å². The zero-order valence-corrected chi connectivity index (χ0v) is 14.9. The third kappa shape index (κ3) is 3.48. The first-order valence-electron chi connectivity index (χ1n) is 9.44. The molecule has 0 N–H and O–H groups in total. The fourth-order valence-corrected chi connectivity index (χ4v) is 4.15. The predicted molar refractivity (Wildman–Crippen MR) is 93.8 cm³/mol. The first-order chi connectivity index (χ1) is 12.2. The van der Waals surface area contributed by atoms with Crippen LogP contribution in [0.2, 0.25) is 0 Å². The van der Waals surface area contributed by atoms with Crippen LogP contribution in [-0.4, -0.2) is 38.6 Å². The molecule has 6 nitrogen and oxygen atoms in total. The molecule has 0 radical (unpaired) electrons. The summed E-state index contributed by atoms with van der Waals surface area (Å²) in [4.78, 5) is 19.1. The molecule has 1 saturated carbocycles.